The smallest absolute Gasteiger partial charge is 0.416 e. The van der Waals surface area contributed by atoms with Crippen LogP contribution < -0.4 is 9.04 Å². The zero-order chi connectivity index (χ0) is 25.5. The van der Waals surface area contributed by atoms with Gasteiger partial charge >= 0.3 is 12.1 Å². The number of aliphatic hydroxyl groups excluding tert-OH is 1. The third-order valence-corrected chi connectivity index (χ3v) is 6.89. The first-order valence-corrected chi connectivity index (χ1v) is 11.9. The van der Waals surface area contributed by atoms with E-state index in [-0.39, 0.29) is 24.4 Å². The van der Waals surface area contributed by atoms with E-state index in [4.69, 9.17) is 9.47 Å². The Kier molecular flexibility index (Phi) is 6.92. The number of carbonyl (C=O) groups excluding carboxylic acids is 1. The molecule has 0 aliphatic carbocycles. The van der Waals surface area contributed by atoms with Crippen molar-refractivity contribution in [2.24, 2.45) is 0 Å². The van der Waals surface area contributed by atoms with Crippen molar-refractivity contribution >= 4 is 21.7 Å². The molecule has 1 N–H and O–H groups in total. The number of halogens is 3. The van der Waals surface area contributed by atoms with Gasteiger partial charge in [-0.15, -0.1) is 0 Å². The van der Waals surface area contributed by atoms with Crippen LogP contribution in [0.4, 0.5) is 18.9 Å². The highest BCUT2D eigenvalue weighted by molar-refractivity contribution is 7.92. The Balaban J connectivity index is 2.09. The summed E-state index contributed by atoms with van der Waals surface area (Å²) in [4.78, 5) is 11.8. The Morgan fingerprint density at radius 1 is 1.21 bits per heavy atom. The molecule has 1 heterocycles. The van der Waals surface area contributed by atoms with E-state index in [1.54, 1.807) is 33.8 Å². The Morgan fingerprint density at radius 2 is 1.88 bits per heavy atom. The molecule has 34 heavy (non-hydrogen) atoms. The van der Waals surface area contributed by atoms with Crippen LogP contribution >= 0.6 is 0 Å². The van der Waals surface area contributed by atoms with E-state index in [0.29, 0.717) is 17.2 Å². The molecule has 0 unspecified atom stereocenters. The summed E-state index contributed by atoms with van der Waals surface area (Å²) in [5.41, 5.74) is -0.840. The Bertz CT molecular complexity index is 1190. The standard InChI is InChI=1S/C23H26F3NO6S/c1-14-15(10-20(29)33-22(2,3)4)8-9-19-21(14)27(12-17(13-28)32-19)34(30,31)18-7-5-6-16(11-18)23(24,25)26/h5-9,11,17,28H,10,12-13H2,1-4H3/t17-/m1/s1. The van der Waals surface area contributed by atoms with Crippen molar-refractivity contribution in [2.45, 2.75) is 56.9 Å². The molecule has 1 atom stereocenters. The third-order valence-electron chi connectivity index (χ3n) is 5.13. The van der Waals surface area contributed by atoms with Crippen molar-refractivity contribution in [3.8, 4) is 5.75 Å². The topological polar surface area (TPSA) is 93.1 Å². The molecule has 3 rings (SSSR count). The highest BCUT2D eigenvalue weighted by Crippen LogP contribution is 2.42. The number of alkyl halides is 3. The maximum atomic E-state index is 13.5. The predicted molar refractivity (Wildman–Crippen MR) is 118 cm³/mol. The summed E-state index contributed by atoms with van der Waals surface area (Å²) >= 11 is 0. The first-order valence-electron chi connectivity index (χ1n) is 10.5. The van der Waals surface area contributed by atoms with E-state index in [0.717, 1.165) is 22.5 Å². The van der Waals surface area contributed by atoms with Gasteiger partial charge in [0.25, 0.3) is 10.0 Å². The fraction of sp³-hybridized carbons (Fsp3) is 0.435. The maximum Gasteiger partial charge on any atom is 0.416 e. The first-order chi connectivity index (χ1) is 15.6. The summed E-state index contributed by atoms with van der Waals surface area (Å²) in [5.74, 6) is -0.390. The molecule has 0 aromatic heterocycles. The lowest BCUT2D eigenvalue weighted by atomic mass is 10.0. The van der Waals surface area contributed by atoms with Crippen molar-refractivity contribution in [3.05, 3.63) is 53.1 Å². The van der Waals surface area contributed by atoms with Crippen LogP contribution in [0.5, 0.6) is 5.75 Å². The van der Waals surface area contributed by atoms with Crippen molar-refractivity contribution in [2.75, 3.05) is 17.5 Å². The average Bonchev–Trinajstić information content (AvgIpc) is 2.73. The number of ether oxygens (including phenoxy) is 2. The van der Waals surface area contributed by atoms with Crippen LogP contribution in [0.3, 0.4) is 0 Å². The van der Waals surface area contributed by atoms with Gasteiger partial charge in [0, 0.05) is 0 Å². The van der Waals surface area contributed by atoms with Crippen LogP contribution in [0.25, 0.3) is 0 Å². The molecule has 11 heteroatoms. The lowest BCUT2D eigenvalue weighted by molar-refractivity contribution is -0.154. The Labute approximate surface area is 196 Å². The van der Waals surface area contributed by atoms with Gasteiger partial charge in [-0.05, 0) is 63.1 Å². The molecular formula is C23H26F3NO6S. The summed E-state index contributed by atoms with van der Waals surface area (Å²) in [6, 6.07) is 6.51. The van der Waals surface area contributed by atoms with E-state index in [1.807, 2.05) is 0 Å². The van der Waals surface area contributed by atoms with Gasteiger partial charge < -0.3 is 14.6 Å². The quantitative estimate of drug-likeness (QED) is 0.626. The first kappa shape index (κ1) is 25.8. The molecule has 1 aliphatic heterocycles. The van der Waals surface area contributed by atoms with Gasteiger partial charge in [0.1, 0.15) is 17.5 Å². The monoisotopic (exact) mass is 501 g/mol. The van der Waals surface area contributed by atoms with Crippen molar-refractivity contribution in [3.63, 3.8) is 0 Å². The van der Waals surface area contributed by atoms with Gasteiger partial charge in [-0.25, -0.2) is 8.42 Å². The van der Waals surface area contributed by atoms with Crippen LogP contribution in [0.15, 0.2) is 41.3 Å². The maximum absolute atomic E-state index is 13.5. The molecule has 0 amide bonds. The van der Waals surface area contributed by atoms with Gasteiger partial charge in [0.15, 0.2) is 0 Å². The molecule has 186 valence electrons. The largest absolute Gasteiger partial charge is 0.484 e. The van der Waals surface area contributed by atoms with Crippen LogP contribution in [0, 0.1) is 6.92 Å². The molecule has 0 radical (unpaired) electrons. The molecule has 7 nitrogen and oxygen atoms in total. The van der Waals surface area contributed by atoms with E-state index in [1.165, 1.54) is 6.07 Å². The molecule has 1 aliphatic rings. The second kappa shape index (κ2) is 9.10. The Morgan fingerprint density at radius 3 is 2.47 bits per heavy atom. The number of sulfonamides is 1. The predicted octanol–water partition coefficient (Wildman–Crippen LogP) is 3.85. The van der Waals surface area contributed by atoms with Crippen molar-refractivity contribution < 1.29 is 41.0 Å². The minimum absolute atomic E-state index is 0.100. The summed E-state index contributed by atoms with van der Waals surface area (Å²) in [6.07, 6.45) is -5.79. The Hall–Kier alpha value is -2.79. The van der Waals surface area contributed by atoms with Gasteiger partial charge in [0.05, 0.1) is 35.7 Å². The molecule has 0 saturated heterocycles. The van der Waals surface area contributed by atoms with E-state index < -0.39 is 50.9 Å². The number of carbonyl (C=O) groups is 1. The molecule has 0 fully saturated rings. The highest BCUT2D eigenvalue weighted by atomic mass is 32.2. The minimum Gasteiger partial charge on any atom is -0.484 e. The van der Waals surface area contributed by atoms with Gasteiger partial charge in [0.2, 0.25) is 0 Å². The average molecular weight is 502 g/mol. The number of fused-ring (bicyclic) bond motifs is 1. The lowest BCUT2D eigenvalue weighted by Gasteiger charge is -2.36. The number of hydrogen-bond acceptors (Lipinski definition) is 6. The second-order valence-electron chi connectivity index (χ2n) is 8.94. The summed E-state index contributed by atoms with van der Waals surface area (Å²) in [7, 11) is -4.47. The molecule has 0 spiro atoms. The van der Waals surface area contributed by atoms with Crippen LogP contribution in [-0.2, 0) is 32.2 Å². The SMILES string of the molecule is Cc1c(CC(=O)OC(C)(C)C)ccc2c1N(S(=O)(=O)c1cccc(C(F)(F)F)c1)C[C@H](CO)O2. The van der Waals surface area contributed by atoms with Gasteiger partial charge in [-0.2, -0.15) is 13.2 Å². The minimum atomic E-state index is -4.72. The number of anilines is 1. The number of esters is 1. The zero-order valence-electron chi connectivity index (χ0n) is 19.1. The second-order valence-corrected chi connectivity index (χ2v) is 10.8. The summed E-state index contributed by atoms with van der Waals surface area (Å²) in [5, 5.41) is 9.62. The van der Waals surface area contributed by atoms with E-state index in [2.05, 4.69) is 0 Å². The lowest BCUT2D eigenvalue weighted by Crippen LogP contribution is -2.45. The summed E-state index contributed by atoms with van der Waals surface area (Å²) < 4.78 is 78.6. The van der Waals surface area contributed by atoms with E-state index >= 15 is 0 Å². The van der Waals surface area contributed by atoms with Crippen molar-refractivity contribution in [1.29, 1.82) is 0 Å². The molecule has 0 saturated carbocycles. The fourth-order valence-electron chi connectivity index (χ4n) is 3.61. The number of hydrogen-bond donors (Lipinski definition) is 1. The number of benzene rings is 2. The third kappa shape index (κ3) is 5.47. The summed E-state index contributed by atoms with van der Waals surface area (Å²) in [6.45, 7) is 5.92. The van der Waals surface area contributed by atoms with Gasteiger partial charge in [-0.3, -0.25) is 9.10 Å². The molecular weight excluding hydrogens is 475 g/mol. The molecule has 2 aromatic rings. The molecule has 0 bridgehead atoms. The number of aliphatic hydroxyl groups is 1. The molecule has 2 aromatic carbocycles. The van der Waals surface area contributed by atoms with Crippen molar-refractivity contribution in [1.82, 2.24) is 0 Å². The number of rotatable bonds is 5. The highest BCUT2D eigenvalue weighted by Gasteiger charge is 2.38. The number of nitrogens with zero attached hydrogens (tertiary/aromatic N) is 1. The van der Waals surface area contributed by atoms with Crippen LogP contribution in [0.1, 0.15) is 37.5 Å². The zero-order valence-corrected chi connectivity index (χ0v) is 20.0. The van der Waals surface area contributed by atoms with E-state index in [9.17, 15) is 31.5 Å². The van der Waals surface area contributed by atoms with Crippen LogP contribution in [0.2, 0.25) is 0 Å². The normalized spacial score (nSPS) is 16.6. The van der Waals surface area contributed by atoms with Gasteiger partial charge in [-0.1, -0.05) is 12.1 Å². The van der Waals surface area contributed by atoms with Crippen LogP contribution in [-0.4, -0.2) is 44.4 Å². The fourth-order valence-corrected chi connectivity index (χ4v) is 5.22.